The summed E-state index contributed by atoms with van der Waals surface area (Å²) in [7, 11) is 3.28. The zero-order valence-corrected chi connectivity index (χ0v) is 14.9. The van der Waals surface area contributed by atoms with E-state index in [4.69, 9.17) is 16.3 Å². The maximum absolute atomic E-state index is 12.2. The summed E-state index contributed by atoms with van der Waals surface area (Å²) in [5.74, 6) is 5.97. The Morgan fingerprint density at radius 1 is 1.08 bits per heavy atom. The van der Waals surface area contributed by atoms with Gasteiger partial charge in [0.15, 0.2) is 0 Å². The maximum atomic E-state index is 12.2. The van der Waals surface area contributed by atoms with E-state index in [-0.39, 0.29) is 12.4 Å². The second kappa shape index (κ2) is 8.77. The number of aromatic hydroxyl groups is 1. The lowest BCUT2D eigenvalue weighted by molar-refractivity contribution is 0.111. The molecule has 7 nitrogen and oxygen atoms in total. The summed E-state index contributed by atoms with van der Waals surface area (Å²) in [6.45, 7) is 0.363. The summed E-state index contributed by atoms with van der Waals surface area (Å²) in [5.41, 5.74) is 8.64. The lowest BCUT2D eigenvalue weighted by Gasteiger charge is -2.22. The maximum Gasteiger partial charge on any atom is 0.410 e. The molecule has 2 aromatic rings. The average molecular weight is 356 g/mol. The smallest absolute Gasteiger partial charge is 0.410 e. The first-order chi connectivity index (χ1) is 12.4. The summed E-state index contributed by atoms with van der Waals surface area (Å²) in [6, 6.07) is 16.0. The number of rotatable bonds is 6. The normalized spacial score (nSPS) is 11.5. The Morgan fingerprint density at radius 3 is 2.27 bits per heavy atom. The Labute approximate surface area is 153 Å². The number of nitrogens with zero attached hydrogens (tertiary/aromatic N) is 2. The molecule has 0 radical (unpaired) electrons. The minimum Gasteiger partial charge on any atom is -0.508 e. The van der Waals surface area contributed by atoms with Crippen molar-refractivity contribution in [2.45, 2.75) is 6.54 Å². The number of carbonyl (C=O) groups excluding carboxylic acids is 1. The van der Waals surface area contributed by atoms with Crippen LogP contribution in [-0.2, 0) is 11.3 Å². The van der Waals surface area contributed by atoms with Crippen LogP contribution in [0.3, 0.4) is 0 Å². The van der Waals surface area contributed by atoms with Gasteiger partial charge in [-0.05, 0) is 35.4 Å². The van der Waals surface area contributed by atoms with E-state index in [9.17, 15) is 9.90 Å². The molecule has 2 rings (SSSR count). The SMILES string of the molecule is CN(Cc1ccccc1)C(=O)OC/C(=C(/N)c1ccc(O)cc1)N(C)N. The predicted molar refractivity (Wildman–Crippen MR) is 100 cm³/mol. The van der Waals surface area contributed by atoms with Gasteiger partial charge in [0, 0.05) is 20.6 Å². The topological polar surface area (TPSA) is 105 Å². The first kappa shape index (κ1) is 19.1. The van der Waals surface area contributed by atoms with Gasteiger partial charge >= 0.3 is 6.09 Å². The van der Waals surface area contributed by atoms with Crippen LogP contribution in [0.5, 0.6) is 5.75 Å². The molecular formula is C19H24N4O3. The number of benzene rings is 2. The zero-order valence-electron chi connectivity index (χ0n) is 14.9. The van der Waals surface area contributed by atoms with Crippen LogP contribution in [0.25, 0.3) is 5.70 Å². The van der Waals surface area contributed by atoms with Crippen molar-refractivity contribution in [1.29, 1.82) is 0 Å². The van der Waals surface area contributed by atoms with Gasteiger partial charge in [-0.3, -0.25) is 0 Å². The number of ether oxygens (including phenoxy) is 1. The van der Waals surface area contributed by atoms with Crippen molar-refractivity contribution >= 4 is 11.8 Å². The number of hydrogen-bond donors (Lipinski definition) is 3. The van der Waals surface area contributed by atoms with Crippen LogP contribution >= 0.6 is 0 Å². The number of hydrazine groups is 1. The van der Waals surface area contributed by atoms with Crippen LogP contribution in [-0.4, -0.2) is 41.8 Å². The number of hydrogen-bond acceptors (Lipinski definition) is 6. The lowest BCUT2D eigenvalue weighted by atomic mass is 10.1. The number of phenols is 1. The molecule has 2 aromatic carbocycles. The molecular weight excluding hydrogens is 332 g/mol. The van der Waals surface area contributed by atoms with Crippen LogP contribution < -0.4 is 11.6 Å². The molecule has 0 aliphatic rings. The Kier molecular flexibility index (Phi) is 6.46. The second-order valence-electron chi connectivity index (χ2n) is 5.91. The van der Waals surface area contributed by atoms with Gasteiger partial charge < -0.3 is 25.5 Å². The quantitative estimate of drug-likeness (QED) is 0.541. The third-order valence-corrected chi connectivity index (χ3v) is 3.82. The molecule has 1 amide bonds. The van der Waals surface area contributed by atoms with E-state index in [1.165, 1.54) is 22.0 Å². The average Bonchev–Trinajstić information content (AvgIpc) is 2.62. The Hall–Kier alpha value is -3.19. The van der Waals surface area contributed by atoms with Crippen molar-refractivity contribution in [2.24, 2.45) is 11.6 Å². The summed E-state index contributed by atoms with van der Waals surface area (Å²) in [5, 5.41) is 10.7. The molecule has 0 saturated heterocycles. The number of amides is 1. The van der Waals surface area contributed by atoms with Gasteiger partial charge in [-0.2, -0.15) is 0 Å². The summed E-state index contributed by atoms with van der Waals surface area (Å²) >= 11 is 0. The number of likely N-dealkylation sites (N-methyl/N-ethyl adjacent to an activating group) is 1. The predicted octanol–water partition coefficient (Wildman–Crippen LogP) is 2.09. The monoisotopic (exact) mass is 356 g/mol. The van der Waals surface area contributed by atoms with Crippen LogP contribution in [0.15, 0.2) is 60.3 Å². The number of nitrogens with two attached hydrogens (primary N) is 2. The van der Waals surface area contributed by atoms with Crippen molar-refractivity contribution in [3.63, 3.8) is 0 Å². The van der Waals surface area contributed by atoms with Crippen LogP contribution in [0.4, 0.5) is 4.79 Å². The van der Waals surface area contributed by atoms with Gasteiger partial charge in [-0.25, -0.2) is 10.6 Å². The molecule has 0 aliphatic heterocycles. The first-order valence-electron chi connectivity index (χ1n) is 8.06. The van der Waals surface area contributed by atoms with Crippen LogP contribution in [0.2, 0.25) is 0 Å². The van der Waals surface area contributed by atoms with Gasteiger partial charge in [0.05, 0.1) is 11.4 Å². The molecule has 0 fully saturated rings. The highest BCUT2D eigenvalue weighted by atomic mass is 16.6. The fourth-order valence-corrected chi connectivity index (χ4v) is 2.34. The van der Waals surface area contributed by atoms with Crippen molar-refractivity contribution < 1.29 is 14.6 Å². The van der Waals surface area contributed by atoms with Gasteiger partial charge in [-0.1, -0.05) is 30.3 Å². The Balaban J connectivity index is 2.04. The van der Waals surface area contributed by atoms with Crippen molar-refractivity contribution in [2.75, 3.05) is 20.7 Å². The van der Waals surface area contributed by atoms with Gasteiger partial charge in [0.2, 0.25) is 0 Å². The van der Waals surface area contributed by atoms with E-state index in [2.05, 4.69) is 0 Å². The molecule has 26 heavy (non-hydrogen) atoms. The molecule has 0 unspecified atom stereocenters. The van der Waals surface area contributed by atoms with E-state index in [1.807, 2.05) is 30.3 Å². The number of phenolic OH excluding ortho intramolecular Hbond substituents is 1. The Morgan fingerprint density at radius 2 is 1.69 bits per heavy atom. The fraction of sp³-hybridized carbons (Fsp3) is 0.211. The molecule has 0 atom stereocenters. The first-order valence-corrected chi connectivity index (χ1v) is 8.06. The van der Waals surface area contributed by atoms with E-state index in [1.54, 1.807) is 26.2 Å². The van der Waals surface area contributed by atoms with Crippen molar-refractivity contribution in [3.05, 3.63) is 71.4 Å². The molecule has 0 saturated carbocycles. The molecule has 0 bridgehead atoms. The van der Waals surface area contributed by atoms with Crippen molar-refractivity contribution in [1.82, 2.24) is 9.91 Å². The summed E-state index contributed by atoms with van der Waals surface area (Å²) in [4.78, 5) is 13.7. The molecule has 138 valence electrons. The van der Waals surface area contributed by atoms with E-state index in [0.717, 1.165) is 5.56 Å². The van der Waals surface area contributed by atoms with Gasteiger partial charge in [0.1, 0.15) is 12.4 Å². The number of carbonyl (C=O) groups is 1. The molecule has 5 N–H and O–H groups in total. The highest BCUT2D eigenvalue weighted by Gasteiger charge is 2.15. The summed E-state index contributed by atoms with van der Waals surface area (Å²) in [6.07, 6.45) is -0.480. The van der Waals surface area contributed by atoms with E-state index in [0.29, 0.717) is 23.5 Å². The van der Waals surface area contributed by atoms with E-state index >= 15 is 0 Å². The summed E-state index contributed by atoms with van der Waals surface area (Å²) < 4.78 is 5.34. The molecule has 0 aromatic heterocycles. The fourth-order valence-electron chi connectivity index (χ4n) is 2.34. The van der Waals surface area contributed by atoms with Gasteiger partial charge in [0.25, 0.3) is 0 Å². The lowest BCUT2D eigenvalue weighted by Crippen LogP contribution is -2.33. The minimum absolute atomic E-state index is 0.0718. The minimum atomic E-state index is -0.480. The van der Waals surface area contributed by atoms with Crippen LogP contribution in [0, 0.1) is 0 Å². The molecule has 0 heterocycles. The Bertz CT molecular complexity index is 758. The highest BCUT2D eigenvalue weighted by Crippen LogP contribution is 2.18. The third kappa shape index (κ3) is 5.15. The van der Waals surface area contributed by atoms with Gasteiger partial charge in [-0.15, -0.1) is 0 Å². The molecule has 0 aliphatic carbocycles. The standard InChI is InChI=1S/C19H24N4O3/c1-22(12-14-6-4-3-5-7-14)19(25)26-13-17(23(2)21)18(20)15-8-10-16(24)11-9-15/h3-11,24H,12-13,20-21H2,1-2H3/b18-17-. The molecule has 0 spiro atoms. The molecule has 7 heteroatoms. The third-order valence-electron chi connectivity index (χ3n) is 3.82. The zero-order chi connectivity index (χ0) is 19.1. The van der Waals surface area contributed by atoms with Crippen LogP contribution in [0.1, 0.15) is 11.1 Å². The van der Waals surface area contributed by atoms with E-state index < -0.39 is 6.09 Å². The largest absolute Gasteiger partial charge is 0.508 e. The highest BCUT2D eigenvalue weighted by molar-refractivity contribution is 5.69. The van der Waals surface area contributed by atoms with Crippen molar-refractivity contribution in [3.8, 4) is 5.75 Å². The second-order valence-corrected chi connectivity index (χ2v) is 5.91.